The van der Waals surface area contributed by atoms with E-state index in [1.54, 1.807) is 45.0 Å². The summed E-state index contributed by atoms with van der Waals surface area (Å²) in [6.07, 6.45) is 0.688. The molecule has 1 aromatic carbocycles. The first-order valence-electron chi connectivity index (χ1n) is 7.04. The van der Waals surface area contributed by atoms with Gasteiger partial charge in [0.15, 0.2) is 0 Å². The molecule has 0 aromatic heterocycles. The molecule has 0 aliphatic heterocycles. The van der Waals surface area contributed by atoms with Crippen LogP contribution in [0, 0.1) is 0 Å². The molecule has 22 heavy (non-hydrogen) atoms. The van der Waals surface area contributed by atoms with Crippen LogP contribution in [-0.4, -0.2) is 37.8 Å². The maximum Gasteiger partial charge on any atom is 0.307 e. The molecule has 0 bridgehead atoms. The maximum atomic E-state index is 11.9. The highest BCUT2D eigenvalue weighted by Gasteiger charge is 2.21. The van der Waals surface area contributed by atoms with Gasteiger partial charge in [-0.25, -0.2) is 0 Å². The Morgan fingerprint density at radius 2 is 2.09 bits per heavy atom. The molecule has 6 nitrogen and oxygen atoms in total. The molecule has 0 heterocycles. The number of hydrogen-bond acceptors (Lipinski definition) is 6. The number of hydrogen-bond donors (Lipinski definition) is 2. The average Bonchev–Trinajstić information content (AvgIpc) is 2.41. The Bertz CT molecular complexity index is 503. The monoisotopic (exact) mass is 305 g/mol. The quantitative estimate of drug-likeness (QED) is 0.324. The predicted octanol–water partition coefficient (Wildman–Crippen LogP) is 1.15. The van der Waals surface area contributed by atoms with Crippen LogP contribution >= 0.6 is 0 Å². The molecule has 1 atom stereocenters. The summed E-state index contributed by atoms with van der Waals surface area (Å²) >= 11 is 0. The van der Waals surface area contributed by atoms with Gasteiger partial charge in [-0.1, -0.05) is 12.1 Å². The van der Waals surface area contributed by atoms with Crippen LogP contribution in [0.4, 0.5) is 5.69 Å². The minimum Gasteiger partial charge on any atom is -0.490 e. The fourth-order valence-electron chi connectivity index (χ4n) is 1.73. The first-order valence-corrected chi connectivity index (χ1v) is 7.04. The van der Waals surface area contributed by atoms with Crippen molar-refractivity contribution in [2.75, 3.05) is 12.3 Å². The number of anilines is 1. The molecular weight excluding hydrogens is 283 g/mol. The van der Waals surface area contributed by atoms with Gasteiger partial charge >= 0.3 is 5.97 Å². The molecule has 0 spiro atoms. The van der Waals surface area contributed by atoms with Gasteiger partial charge in [0.1, 0.15) is 18.0 Å². The standard InChI is InChI=1S/C15H22BN2O4/c1-15(2,3)22-14(20)8-11(18-16-10-19)9-21-13-7-5-4-6-12(13)17/h4-7,10-11,18H,8-9,17H2,1-3H3/t11-/m1/s1. The van der Waals surface area contributed by atoms with E-state index in [2.05, 4.69) is 5.23 Å². The molecule has 3 N–H and O–H groups in total. The van der Waals surface area contributed by atoms with Gasteiger partial charge in [0.05, 0.1) is 18.3 Å². The zero-order valence-corrected chi connectivity index (χ0v) is 13.2. The predicted molar refractivity (Wildman–Crippen MR) is 86.2 cm³/mol. The summed E-state index contributed by atoms with van der Waals surface area (Å²) in [4.78, 5) is 22.3. The van der Waals surface area contributed by atoms with Gasteiger partial charge in [-0.05, 0) is 32.9 Å². The fourth-order valence-corrected chi connectivity index (χ4v) is 1.73. The van der Waals surface area contributed by atoms with E-state index in [1.165, 1.54) is 7.41 Å². The smallest absolute Gasteiger partial charge is 0.307 e. The SMILES string of the molecule is CC(C)(C)OC(=O)C[C@H](COc1ccccc1N)N[B]C=O. The molecule has 7 heteroatoms. The van der Waals surface area contributed by atoms with E-state index in [0.717, 1.165) is 0 Å². The number of benzene rings is 1. The lowest BCUT2D eigenvalue weighted by molar-refractivity contribution is -0.155. The zero-order valence-electron chi connectivity index (χ0n) is 13.2. The topological polar surface area (TPSA) is 90.7 Å². The van der Waals surface area contributed by atoms with Crippen LogP contribution < -0.4 is 15.7 Å². The number of nitrogen functional groups attached to an aromatic ring is 1. The third-order valence-electron chi connectivity index (χ3n) is 2.59. The van der Waals surface area contributed by atoms with Crippen molar-refractivity contribution >= 4 is 25.3 Å². The molecule has 1 rings (SSSR count). The Hall–Kier alpha value is -2.02. The van der Waals surface area contributed by atoms with Crippen LogP contribution in [0.15, 0.2) is 24.3 Å². The van der Waals surface area contributed by atoms with Gasteiger partial charge < -0.3 is 25.2 Å². The van der Waals surface area contributed by atoms with Crippen molar-refractivity contribution in [1.29, 1.82) is 0 Å². The molecule has 0 aliphatic rings. The summed E-state index contributed by atoms with van der Waals surface area (Å²) in [5.41, 5.74) is 5.75. The van der Waals surface area contributed by atoms with E-state index in [0.29, 0.717) is 17.6 Å². The first kappa shape index (κ1) is 18.0. The summed E-state index contributed by atoms with van der Waals surface area (Å²) in [6.45, 7) is 5.57. The highest BCUT2D eigenvalue weighted by Crippen LogP contribution is 2.20. The number of ether oxygens (including phenoxy) is 2. The van der Waals surface area contributed by atoms with Crippen molar-refractivity contribution in [3.05, 3.63) is 24.3 Å². The van der Waals surface area contributed by atoms with Gasteiger partial charge in [-0.3, -0.25) is 4.79 Å². The summed E-state index contributed by atoms with van der Waals surface area (Å²) in [6, 6.07) is 6.69. The molecule has 1 aromatic rings. The van der Waals surface area contributed by atoms with Crippen molar-refractivity contribution in [2.24, 2.45) is 0 Å². The van der Waals surface area contributed by atoms with Gasteiger partial charge in [-0.15, -0.1) is 0 Å². The van der Waals surface area contributed by atoms with Crippen molar-refractivity contribution in [1.82, 2.24) is 5.23 Å². The van der Waals surface area contributed by atoms with E-state index in [-0.39, 0.29) is 25.0 Å². The number of rotatable bonds is 8. The van der Waals surface area contributed by atoms with Gasteiger partial charge in [0, 0.05) is 6.04 Å². The Morgan fingerprint density at radius 1 is 1.41 bits per heavy atom. The number of esters is 1. The van der Waals surface area contributed by atoms with Crippen molar-refractivity contribution in [3.63, 3.8) is 0 Å². The molecule has 0 fully saturated rings. The summed E-state index contributed by atoms with van der Waals surface area (Å²) < 4.78 is 10.9. The molecule has 1 radical (unpaired) electrons. The molecule has 0 saturated carbocycles. The van der Waals surface area contributed by atoms with Crippen molar-refractivity contribution in [3.8, 4) is 5.75 Å². The Balaban J connectivity index is 2.58. The van der Waals surface area contributed by atoms with Crippen LogP contribution in [0.25, 0.3) is 0 Å². The summed E-state index contributed by atoms with van der Waals surface area (Å²) in [5.74, 6) is 0.165. The second-order valence-corrected chi connectivity index (χ2v) is 5.81. The van der Waals surface area contributed by atoms with Gasteiger partial charge in [-0.2, -0.15) is 0 Å². The lowest BCUT2D eigenvalue weighted by atomic mass is 9.96. The van der Waals surface area contributed by atoms with Crippen LogP contribution in [0.1, 0.15) is 27.2 Å². The van der Waals surface area contributed by atoms with E-state index in [1.807, 2.05) is 0 Å². The van der Waals surface area contributed by atoms with Crippen molar-refractivity contribution in [2.45, 2.75) is 38.8 Å². The van der Waals surface area contributed by atoms with E-state index < -0.39 is 5.60 Å². The minimum atomic E-state index is -0.555. The first-order chi connectivity index (χ1) is 10.3. The Labute approximate surface area is 131 Å². The number of para-hydroxylation sites is 2. The van der Waals surface area contributed by atoms with Gasteiger partial charge in [0.2, 0.25) is 0 Å². The second kappa shape index (κ2) is 8.43. The zero-order chi connectivity index (χ0) is 16.6. The van der Waals surface area contributed by atoms with E-state index >= 15 is 0 Å². The highest BCUT2D eigenvalue weighted by atomic mass is 16.6. The molecular formula is C15H22BN2O4. The third kappa shape index (κ3) is 7.13. The van der Waals surface area contributed by atoms with Gasteiger partial charge in [0.25, 0.3) is 7.41 Å². The minimum absolute atomic E-state index is 0.0777. The molecule has 0 unspecified atom stereocenters. The summed E-state index contributed by atoms with van der Waals surface area (Å²) in [7, 11) is 1.23. The second-order valence-electron chi connectivity index (χ2n) is 5.81. The Kier molecular flexibility index (Phi) is 6.91. The number of nitrogens with two attached hydrogens (primary N) is 1. The van der Waals surface area contributed by atoms with Crippen molar-refractivity contribution < 1.29 is 19.1 Å². The van der Waals surface area contributed by atoms with E-state index in [4.69, 9.17) is 15.2 Å². The number of nitrogens with one attached hydrogen (secondary N) is 1. The lowest BCUT2D eigenvalue weighted by Crippen LogP contribution is -2.41. The average molecular weight is 305 g/mol. The van der Waals surface area contributed by atoms with Crippen LogP contribution in [0.2, 0.25) is 0 Å². The largest absolute Gasteiger partial charge is 0.490 e. The lowest BCUT2D eigenvalue weighted by Gasteiger charge is -2.23. The van der Waals surface area contributed by atoms with E-state index in [9.17, 15) is 9.59 Å². The summed E-state index contributed by atoms with van der Waals surface area (Å²) in [5, 5.41) is 2.82. The molecule has 0 aliphatic carbocycles. The molecule has 0 amide bonds. The molecule has 119 valence electrons. The van der Waals surface area contributed by atoms with Crippen LogP contribution in [-0.2, 0) is 14.3 Å². The number of carbonyl (C=O) groups is 2. The van der Waals surface area contributed by atoms with Crippen LogP contribution in [0.3, 0.4) is 0 Å². The number of carbonyl (C=O) groups excluding carboxylic acids is 2. The Morgan fingerprint density at radius 3 is 2.68 bits per heavy atom. The fraction of sp³-hybridized carbons (Fsp3) is 0.467. The third-order valence-corrected chi connectivity index (χ3v) is 2.59. The highest BCUT2D eigenvalue weighted by molar-refractivity contribution is 6.64. The van der Waals surface area contributed by atoms with Crippen LogP contribution in [0.5, 0.6) is 5.75 Å². The molecule has 0 saturated heterocycles. The normalized spacial score (nSPS) is 12.3. The maximum absolute atomic E-state index is 11.9.